The van der Waals surface area contributed by atoms with Gasteiger partial charge in [-0.2, -0.15) is 0 Å². The van der Waals surface area contributed by atoms with Crippen LogP contribution in [0.1, 0.15) is 6.42 Å². The van der Waals surface area contributed by atoms with E-state index in [0.717, 1.165) is 0 Å². The van der Waals surface area contributed by atoms with Crippen LogP contribution < -0.4 is 15.9 Å². The molecule has 0 amide bonds. The first-order valence-corrected chi connectivity index (χ1v) is 4.42. The quantitative estimate of drug-likeness (QED) is 0.307. The lowest BCUT2D eigenvalue weighted by Crippen LogP contribution is -2.50. The number of hydrogen-bond acceptors (Lipinski definition) is 9. The van der Waals surface area contributed by atoms with Crippen molar-refractivity contribution in [2.75, 3.05) is 19.8 Å². The lowest BCUT2D eigenvalue weighted by atomic mass is 10.1. The fourth-order valence-corrected chi connectivity index (χ4v) is 0.391. The maximum absolute atomic E-state index is 9.58. The number of carboxylic acid groups (broad SMARTS) is 2. The lowest BCUT2D eigenvalue weighted by molar-refractivity contribution is -0.323. The summed E-state index contributed by atoms with van der Waals surface area (Å²) in [4.78, 5) is 19.1. The van der Waals surface area contributed by atoms with E-state index in [1.165, 1.54) is 0 Å². The van der Waals surface area contributed by atoms with E-state index in [1.807, 2.05) is 0 Å². The lowest BCUT2D eigenvalue weighted by Gasteiger charge is -2.20. The van der Waals surface area contributed by atoms with Crippen molar-refractivity contribution in [2.24, 2.45) is 5.73 Å². The minimum absolute atomic E-state index is 0.403. The summed E-state index contributed by atoms with van der Waals surface area (Å²) in [6, 6.07) is 0. The summed E-state index contributed by atoms with van der Waals surface area (Å²) >= 11 is 0. The summed E-state index contributed by atoms with van der Waals surface area (Å²) in [7, 11) is 0. The van der Waals surface area contributed by atoms with Gasteiger partial charge in [-0.25, -0.2) is 0 Å². The number of carboxylic acids is 2. The van der Waals surface area contributed by atoms with Gasteiger partial charge in [0.15, 0.2) is 0 Å². The van der Waals surface area contributed by atoms with Crippen LogP contribution >= 0.6 is 0 Å². The van der Waals surface area contributed by atoms with E-state index in [1.54, 1.807) is 0 Å². The van der Waals surface area contributed by atoms with Crippen molar-refractivity contribution in [3.8, 4) is 0 Å². The Kier molecular flexibility index (Phi) is 9.42. The zero-order valence-electron chi connectivity index (χ0n) is 8.90. The van der Waals surface area contributed by atoms with Crippen LogP contribution in [0.2, 0.25) is 0 Å². The molecule has 0 aliphatic heterocycles. The molecular weight excluding hydrogens is 238 g/mol. The second-order valence-corrected chi connectivity index (χ2v) is 3.25. The topological polar surface area (TPSA) is 187 Å². The molecule has 17 heavy (non-hydrogen) atoms. The zero-order chi connectivity index (χ0) is 14.1. The Morgan fingerprint density at radius 2 is 1.47 bits per heavy atom. The molecule has 0 aliphatic rings. The molecule has 0 radical (unpaired) electrons. The van der Waals surface area contributed by atoms with Crippen molar-refractivity contribution in [3.63, 3.8) is 0 Å². The molecule has 9 nitrogen and oxygen atoms in total. The fourth-order valence-electron chi connectivity index (χ4n) is 0.391. The van der Waals surface area contributed by atoms with Gasteiger partial charge in [-0.05, 0) is 0 Å². The van der Waals surface area contributed by atoms with E-state index in [9.17, 15) is 19.8 Å². The predicted octanol–water partition coefficient (Wildman–Crippen LogP) is -6.10. The van der Waals surface area contributed by atoms with Gasteiger partial charge in [-0.1, -0.05) is 0 Å². The smallest absolute Gasteiger partial charge is 0.0985 e. The molecule has 0 aliphatic carbocycles. The molecular formula is C8H15NO8-2. The number of aliphatic hydroxyl groups is 4. The molecule has 6 N–H and O–H groups in total. The molecule has 9 heteroatoms. The SMILES string of the molecule is NC(CO)(CO)CO.O=C([O-])CC(O)C(=O)[O-]. The van der Waals surface area contributed by atoms with Gasteiger partial charge in [0.2, 0.25) is 0 Å². The van der Waals surface area contributed by atoms with E-state index in [0.29, 0.717) is 0 Å². The molecule has 0 aromatic carbocycles. The van der Waals surface area contributed by atoms with Gasteiger partial charge < -0.3 is 46.0 Å². The number of rotatable bonds is 6. The van der Waals surface area contributed by atoms with Crippen LogP contribution in [0.25, 0.3) is 0 Å². The Morgan fingerprint density at radius 3 is 1.53 bits per heavy atom. The first kappa shape index (κ1) is 18.1. The van der Waals surface area contributed by atoms with Crippen molar-refractivity contribution in [3.05, 3.63) is 0 Å². The number of aliphatic carboxylic acids is 2. The number of carbonyl (C=O) groups excluding carboxylic acids is 2. The highest BCUT2D eigenvalue weighted by Crippen LogP contribution is 1.93. The van der Waals surface area contributed by atoms with Crippen LogP contribution in [0.4, 0.5) is 0 Å². The van der Waals surface area contributed by atoms with E-state index in [2.05, 4.69) is 0 Å². The highest BCUT2D eigenvalue weighted by atomic mass is 16.4. The van der Waals surface area contributed by atoms with Crippen LogP contribution in [-0.2, 0) is 9.59 Å². The molecule has 0 aromatic heterocycles. The number of aliphatic hydroxyl groups excluding tert-OH is 4. The third kappa shape index (κ3) is 9.66. The van der Waals surface area contributed by atoms with Crippen LogP contribution in [0, 0.1) is 0 Å². The van der Waals surface area contributed by atoms with Gasteiger partial charge in [0, 0.05) is 12.4 Å². The third-order valence-corrected chi connectivity index (χ3v) is 1.58. The Bertz CT molecular complexity index is 231. The van der Waals surface area contributed by atoms with Crippen LogP contribution in [-0.4, -0.2) is 63.8 Å². The number of carbonyl (C=O) groups is 2. The minimum Gasteiger partial charge on any atom is -0.550 e. The maximum Gasteiger partial charge on any atom is 0.0985 e. The average molecular weight is 253 g/mol. The summed E-state index contributed by atoms with van der Waals surface area (Å²) < 4.78 is 0. The molecule has 0 saturated carbocycles. The molecule has 0 spiro atoms. The average Bonchev–Trinajstić information content (AvgIpc) is 2.28. The van der Waals surface area contributed by atoms with Crippen molar-refractivity contribution < 1.29 is 40.2 Å². The maximum atomic E-state index is 9.58. The number of hydrogen-bond donors (Lipinski definition) is 5. The zero-order valence-corrected chi connectivity index (χ0v) is 8.90. The second-order valence-electron chi connectivity index (χ2n) is 3.25. The molecule has 0 rings (SSSR count). The van der Waals surface area contributed by atoms with E-state index in [4.69, 9.17) is 26.2 Å². The first-order valence-electron chi connectivity index (χ1n) is 4.42. The van der Waals surface area contributed by atoms with Crippen molar-refractivity contribution in [1.29, 1.82) is 0 Å². The molecule has 0 saturated heterocycles. The molecule has 1 atom stereocenters. The van der Waals surface area contributed by atoms with Crippen molar-refractivity contribution in [2.45, 2.75) is 18.1 Å². The molecule has 0 bridgehead atoms. The normalized spacial score (nSPS) is 12.3. The first-order chi connectivity index (χ1) is 7.72. The Labute approximate surface area is 96.7 Å². The molecule has 0 aromatic rings. The fraction of sp³-hybridized carbons (Fsp3) is 0.750. The summed E-state index contributed by atoms with van der Waals surface area (Å²) in [5.74, 6) is -3.43. The van der Waals surface area contributed by atoms with Gasteiger partial charge in [0.25, 0.3) is 0 Å². The highest BCUT2D eigenvalue weighted by Gasteiger charge is 2.20. The highest BCUT2D eigenvalue weighted by molar-refractivity contribution is 5.76. The molecule has 1 unspecified atom stereocenters. The standard InChI is InChI=1S/C4H11NO3.C4H6O5/c5-4(1-6,2-7)3-8;5-2(4(8)9)1-3(6)7/h6-8H,1-3,5H2;2,5H,1H2,(H,6,7)(H,8,9)/p-2. The summed E-state index contributed by atoms with van der Waals surface area (Å²) in [6.07, 6.45) is -2.89. The van der Waals surface area contributed by atoms with Gasteiger partial charge in [0.1, 0.15) is 0 Å². The monoisotopic (exact) mass is 253 g/mol. The third-order valence-electron chi connectivity index (χ3n) is 1.58. The van der Waals surface area contributed by atoms with E-state index >= 15 is 0 Å². The van der Waals surface area contributed by atoms with Gasteiger partial charge in [0.05, 0.1) is 37.4 Å². The van der Waals surface area contributed by atoms with Crippen molar-refractivity contribution in [1.82, 2.24) is 0 Å². The summed E-state index contributed by atoms with van der Waals surface area (Å²) in [5.41, 5.74) is 3.94. The molecule has 0 fully saturated rings. The molecule has 102 valence electrons. The molecule has 0 heterocycles. The minimum atomic E-state index is -1.96. The Hall–Kier alpha value is -1.26. The van der Waals surface area contributed by atoms with E-state index < -0.39 is 49.8 Å². The van der Waals surface area contributed by atoms with E-state index in [-0.39, 0.29) is 0 Å². The largest absolute Gasteiger partial charge is 0.550 e. The Balaban J connectivity index is 0. The van der Waals surface area contributed by atoms with Gasteiger partial charge >= 0.3 is 0 Å². The van der Waals surface area contributed by atoms with Crippen LogP contribution in [0.3, 0.4) is 0 Å². The second kappa shape index (κ2) is 8.84. The van der Waals surface area contributed by atoms with Crippen molar-refractivity contribution >= 4 is 11.9 Å². The number of nitrogens with two attached hydrogens (primary N) is 1. The summed E-state index contributed by atoms with van der Waals surface area (Å²) in [5, 5.41) is 52.4. The van der Waals surface area contributed by atoms with Gasteiger partial charge in [-0.3, -0.25) is 0 Å². The van der Waals surface area contributed by atoms with Gasteiger partial charge in [-0.15, -0.1) is 0 Å². The predicted molar refractivity (Wildman–Crippen MR) is 48.8 cm³/mol. The van der Waals surface area contributed by atoms with Crippen LogP contribution in [0.15, 0.2) is 0 Å². The Morgan fingerprint density at radius 1 is 1.12 bits per heavy atom. The van der Waals surface area contributed by atoms with Crippen LogP contribution in [0.5, 0.6) is 0 Å². The summed E-state index contributed by atoms with van der Waals surface area (Å²) in [6.45, 7) is -1.21.